The molecule has 0 bridgehead atoms. The molecule has 0 rings (SSSR count). The third kappa shape index (κ3) is 2.56. The molecule has 0 saturated carbocycles. The highest BCUT2D eigenvalue weighted by atomic mass is 19.4. The average molecular weight is 155 g/mol. The van der Waals surface area contributed by atoms with E-state index in [1.165, 1.54) is 6.92 Å². The first-order valence-electron chi connectivity index (χ1n) is 3.21. The molecule has 62 valence electrons. The van der Waals surface area contributed by atoms with Gasteiger partial charge in [-0.05, 0) is 5.92 Å². The minimum absolute atomic E-state index is 0.459. The van der Waals surface area contributed by atoms with E-state index < -0.39 is 18.1 Å². The monoisotopic (exact) mass is 155 g/mol. The Bertz CT molecular complexity index is 99.7. The number of nitrogens with two attached hydrogens (primary N) is 1. The van der Waals surface area contributed by atoms with Gasteiger partial charge in [0.2, 0.25) is 0 Å². The second-order valence-electron chi connectivity index (χ2n) is 2.45. The molecule has 2 atom stereocenters. The molecule has 4 heteroatoms. The molecule has 0 aliphatic carbocycles. The van der Waals surface area contributed by atoms with E-state index in [0.29, 0.717) is 6.42 Å². The lowest BCUT2D eigenvalue weighted by molar-refractivity contribution is -0.157. The molecule has 0 aromatic carbocycles. The molecule has 1 nitrogen and oxygen atoms in total. The molecule has 0 fully saturated rings. The van der Waals surface area contributed by atoms with Crippen LogP contribution in [0.1, 0.15) is 20.3 Å². The summed E-state index contributed by atoms with van der Waals surface area (Å²) in [5, 5.41) is 0. The van der Waals surface area contributed by atoms with Gasteiger partial charge in [-0.25, -0.2) is 0 Å². The van der Waals surface area contributed by atoms with Crippen LogP contribution in [0.5, 0.6) is 0 Å². The summed E-state index contributed by atoms with van der Waals surface area (Å²) in [5.41, 5.74) is 4.88. The van der Waals surface area contributed by atoms with E-state index in [1.807, 2.05) is 0 Å². The van der Waals surface area contributed by atoms with Crippen LogP contribution in [0.25, 0.3) is 0 Å². The number of halogens is 3. The van der Waals surface area contributed by atoms with Gasteiger partial charge in [0, 0.05) is 0 Å². The molecule has 0 saturated heterocycles. The van der Waals surface area contributed by atoms with Crippen molar-refractivity contribution < 1.29 is 13.2 Å². The van der Waals surface area contributed by atoms with Gasteiger partial charge >= 0.3 is 6.18 Å². The minimum atomic E-state index is -4.24. The fourth-order valence-corrected chi connectivity index (χ4v) is 0.577. The zero-order valence-corrected chi connectivity index (χ0v) is 6.07. The molecule has 0 aromatic heterocycles. The Hall–Kier alpha value is -0.250. The van der Waals surface area contributed by atoms with Crippen LogP contribution < -0.4 is 5.73 Å². The molecule has 0 aliphatic rings. The summed E-state index contributed by atoms with van der Waals surface area (Å²) >= 11 is 0. The zero-order chi connectivity index (χ0) is 8.36. The zero-order valence-electron chi connectivity index (χ0n) is 6.07. The highest BCUT2D eigenvalue weighted by Crippen LogP contribution is 2.24. The van der Waals surface area contributed by atoms with Crippen LogP contribution in [0.4, 0.5) is 13.2 Å². The molecule has 0 aromatic rings. The lowest BCUT2D eigenvalue weighted by atomic mass is 10.00. The Morgan fingerprint density at radius 2 is 1.80 bits per heavy atom. The molecule has 1 unspecified atom stereocenters. The second kappa shape index (κ2) is 3.23. The number of alkyl halides is 3. The fraction of sp³-hybridized carbons (Fsp3) is 1.00. The first-order valence-corrected chi connectivity index (χ1v) is 3.21. The number of hydrogen-bond donors (Lipinski definition) is 1. The third-order valence-electron chi connectivity index (χ3n) is 1.63. The fourth-order valence-electron chi connectivity index (χ4n) is 0.577. The minimum Gasteiger partial charge on any atom is -0.320 e. The van der Waals surface area contributed by atoms with Crippen LogP contribution in [0.3, 0.4) is 0 Å². The molecule has 0 heterocycles. The standard InChI is InChI=1S/C6H12F3N/c1-3-4(2)5(10)6(7,8)9/h4-5H,3,10H2,1-2H3/t4?,5-/m0/s1. The van der Waals surface area contributed by atoms with Gasteiger partial charge in [-0.3, -0.25) is 0 Å². The van der Waals surface area contributed by atoms with Crippen molar-refractivity contribution in [1.82, 2.24) is 0 Å². The molecule has 2 N–H and O–H groups in total. The van der Waals surface area contributed by atoms with E-state index >= 15 is 0 Å². The Kier molecular flexibility index (Phi) is 3.15. The van der Waals surface area contributed by atoms with Crippen LogP contribution in [-0.2, 0) is 0 Å². The van der Waals surface area contributed by atoms with Crippen LogP contribution in [0.2, 0.25) is 0 Å². The summed E-state index contributed by atoms with van der Waals surface area (Å²) in [5.74, 6) is -0.486. The van der Waals surface area contributed by atoms with Crippen molar-refractivity contribution in [3.63, 3.8) is 0 Å². The van der Waals surface area contributed by atoms with Crippen LogP contribution in [-0.4, -0.2) is 12.2 Å². The van der Waals surface area contributed by atoms with Gasteiger partial charge in [0.15, 0.2) is 0 Å². The molecule has 0 aliphatic heterocycles. The summed E-state index contributed by atoms with van der Waals surface area (Å²) in [6.07, 6.45) is -3.78. The smallest absolute Gasteiger partial charge is 0.320 e. The second-order valence-corrected chi connectivity index (χ2v) is 2.45. The number of rotatable bonds is 2. The number of hydrogen-bond acceptors (Lipinski definition) is 1. The molecular weight excluding hydrogens is 143 g/mol. The summed E-state index contributed by atoms with van der Waals surface area (Å²) in [6.45, 7) is 3.19. The summed E-state index contributed by atoms with van der Waals surface area (Å²) in [4.78, 5) is 0. The van der Waals surface area contributed by atoms with Crippen molar-refractivity contribution in [3.8, 4) is 0 Å². The van der Waals surface area contributed by atoms with E-state index in [-0.39, 0.29) is 0 Å². The summed E-state index contributed by atoms with van der Waals surface area (Å²) < 4.78 is 35.3. The van der Waals surface area contributed by atoms with E-state index in [4.69, 9.17) is 5.73 Å². The van der Waals surface area contributed by atoms with Gasteiger partial charge in [0.25, 0.3) is 0 Å². The van der Waals surface area contributed by atoms with Crippen molar-refractivity contribution in [3.05, 3.63) is 0 Å². The van der Waals surface area contributed by atoms with Crippen molar-refractivity contribution in [2.75, 3.05) is 0 Å². The van der Waals surface area contributed by atoms with E-state index in [9.17, 15) is 13.2 Å². The van der Waals surface area contributed by atoms with Crippen molar-refractivity contribution >= 4 is 0 Å². The van der Waals surface area contributed by atoms with Gasteiger partial charge in [0.05, 0.1) is 0 Å². The van der Waals surface area contributed by atoms with Gasteiger partial charge in [-0.1, -0.05) is 20.3 Å². The van der Waals surface area contributed by atoms with Gasteiger partial charge in [-0.2, -0.15) is 13.2 Å². The Labute approximate surface area is 58.4 Å². The van der Waals surface area contributed by atoms with E-state index in [1.54, 1.807) is 6.92 Å². The predicted octanol–water partition coefficient (Wildman–Crippen LogP) is 1.92. The highest BCUT2D eigenvalue weighted by Gasteiger charge is 2.39. The van der Waals surface area contributed by atoms with Crippen molar-refractivity contribution in [1.29, 1.82) is 0 Å². The average Bonchev–Trinajstić information content (AvgIpc) is 1.83. The Morgan fingerprint density at radius 3 is 1.90 bits per heavy atom. The van der Waals surface area contributed by atoms with Crippen molar-refractivity contribution in [2.45, 2.75) is 32.5 Å². The lowest BCUT2D eigenvalue weighted by Gasteiger charge is -2.20. The molecule has 0 radical (unpaired) electrons. The van der Waals surface area contributed by atoms with E-state index in [2.05, 4.69) is 0 Å². The lowest BCUT2D eigenvalue weighted by Crippen LogP contribution is -2.42. The predicted molar refractivity (Wildman–Crippen MR) is 33.5 cm³/mol. The SMILES string of the molecule is CCC(C)[C@H](N)C(F)(F)F. The largest absolute Gasteiger partial charge is 0.403 e. The van der Waals surface area contributed by atoms with Gasteiger partial charge < -0.3 is 5.73 Å². The molecule has 10 heavy (non-hydrogen) atoms. The van der Waals surface area contributed by atoms with Crippen LogP contribution >= 0.6 is 0 Å². The van der Waals surface area contributed by atoms with Crippen LogP contribution in [0, 0.1) is 5.92 Å². The Morgan fingerprint density at radius 1 is 1.40 bits per heavy atom. The van der Waals surface area contributed by atoms with Gasteiger partial charge in [-0.15, -0.1) is 0 Å². The van der Waals surface area contributed by atoms with Crippen molar-refractivity contribution in [2.24, 2.45) is 11.7 Å². The highest BCUT2D eigenvalue weighted by molar-refractivity contribution is 4.75. The van der Waals surface area contributed by atoms with Crippen LogP contribution in [0.15, 0.2) is 0 Å². The topological polar surface area (TPSA) is 26.0 Å². The Balaban J connectivity index is 3.94. The summed E-state index contributed by atoms with van der Waals surface area (Å²) in [6, 6.07) is -1.67. The van der Waals surface area contributed by atoms with Gasteiger partial charge in [0.1, 0.15) is 6.04 Å². The maximum absolute atomic E-state index is 11.8. The maximum Gasteiger partial charge on any atom is 0.403 e. The van der Waals surface area contributed by atoms with E-state index in [0.717, 1.165) is 0 Å². The third-order valence-corrected chi connectivity index (χ3v) is 1.63. The quantitative estimate of drug-likeness (QED) is 0.647. The molecule has 0 amide bonds. The summed E-state index contributed by atoms with van der Waals surface area (Å²) in [7, 11) is 0. The molecule has 0 spiro atoms. The molecular formula is C6H12F3N. The maximum atomic E-state index is 11.8. The first-order chi connectivity index (χ1) is 4.39. The normalized spacial score (nSPS) is 18.6. The first kappa shape index (κ1) is 9.75.